The standard InChI is InChI=1S/C18H34N2O3/c1-13-8-9-20(17(22)23-18(2,3)4)12-16(13)19-11-14-6-5-7-15(21)10-14/h13-16,19,21H,5-12H2,1-4H3. The van der Waals surface area contributed by atoms with Crippen molar-refractivity contribution in [2.24, 2.45) is 11.8 Å². The van der Waals surface area contributed by atoms with Gasteiger partial charge >= 0.3 is 6.09 Å². The van der Waals surface area contributed by atoms with Crippen LogP contribution in [0.5, 0.6) is 0 Å². The van der Waals surface area contributed by atoms with E-state index in [2.05, 4.69) is 12.2 Å². The first kappa shape index (κ1) is 18.5. The number of carbonyl (C=O) groups excluding carboxylic acids is 1. The zero-order valence-corrected chi connectivity index (χ0v) is 15.2. The first-order chi connectivity index (χ1) is 10.7. The molecule has 0 bridgehead atoms. The number of amides is 1. The molecule has 1 aliphatic carbocycles. The smallest absolute Gasteiger partial charge is 0.410 e. The molecule has 0 aromatic carbocycles. The normalized spacial score (nSPS) is 32.7. The predicted molar refractivity (Wildman–Crippen MR) is 91.3 cm³/mol. The summed E-state index contributed by atoms with van der Waals surface area (Å²) in [5, 5.41) is 13.4. The fraction of sp³-hybridized carbons (Fsp3) is 0.944. The third-order valence-corrected chi connectivity index (χ3v) is 5.03. The van der Waals surface area contributed by atoms with Gasteiger partial charge in [0.05, 0.1) is 6.10 Å². The van der Waals surface area contributed by atoms with Crippen LogP contribution in [0.25, 0.3) is 0 Å². The van der Waals surface area contributed by atoms with Crippen LogP contribution in [0.3, 0.4) is 0 Å². The Morgan fingerprint density at radius 2 is 2.04 bits per heavy atom. The van der Waals surface area contributed by atoms with E-state index >= 15 is 0 Å². The summed E-state index contributed by atoms with van der Waals surface area (Å²) in [5.74, 6) is 1.12. The molecule has 1 heterocycles. The second-order valence-corrected chi connectivity index (χ2v) is 8.39. The predicted octanol–water partition coefficient (Wildman–Crippen LogP) is 2.77. The summed E-state index contributed by atoms with van der Waals surface area (Å²) in [5.41, 5.74) is -0.443. The Hall–Kier alpha value is -0.810. The molecule has 2 rings (SSSR count). The van der Waals surface area contributed by atoms with Crippen LogP contribution in [0.1, 0.15) is 59.8 Å². The molecule has 134 valence electrons. The Labute approximate surface area is 140 Å². The van der Waals surface area contributed by atoms with Crippen LogP contribution in [0.15, 0.2) is 0 Å². The number of carbonyl (C=O) groups is 1. The SMILES string of the molecule is CC1CCN(C(=O)OC(C)(C)C)CC1NCC1CCCC(O)C1. The summed E-state index contributed by atoms with van der Waals surface area (Å²) in [6, 6.07) is 0.315. The Morgan fingerprint density at radius 1 is 1.30 bits per heavy atom. The molecular weight excluding hydrogens is 292 g/mol. The van der Waals surface area contributed by atoms with Crippen molar-refractivity contribution in [2.75, 3.05) is 19.6 Å². The van der Waals surface area contributed by atoms with Crippen LogP contribution in [-0.4, -0.2) is 53.5 Å². The van der Waals surface area contributed by atoms with Crippen LogP contribution in [-0.2, 0) is 4.74 Å². The molecule has 0 radical (unpaired) electrons. The van der Waals surface area contributed by atoms with E-state index in [-0.39, 0.29) is 12.2 Å². The van der Waals surface area contributed by atoms with E-state index in [9.17, 15) is 9.90 Å². The van der Waals surface area contributed by atoms with E-state index in [4.69, 9.17) is 4.74 Å². The molecule has 0 spiro atoms. The van der Waals surface area contributed by atoms with Crippen molar-refractivity contribution in [2.45, 2.75) is 77.5 Å². The van der Waals surface area contributed by atoms with Crippen molar-refractivity contribution in [3.05, 3.63) is 0 Å². The van der Waals surface area contributed by atoms with E-state index < -0.39 is 5.60 Å². The van der Waals surface area contributed by atoms with Crippen LogP contribution < -0.4 is 5.32 Å². The van der Waals surface area contributed by atoms with Gasteiger partial charge in [0, 0.05) is 19.1 Å². The highest BCUT2D eigenvalue weighted by molar-refractivity contribution is 5.68. The topological polar surface area (TPSA) is 61.8 Å². The number of likely N-dealkylation sites (tertiary alicyclic amines) is 1. The lowest BCUT2D eigenvalue weighted by molar-refractivity contribution is 0.0143. The maximum atomic E-state index is 12.3. The van der Waals surface area contributed by atoms with Gasteiger partial charge in [-0.05, 0) is 64.8 Å². The van der Waals surface area contributed by atoms with Crippen molar-refractivity contribution in [3.8, 4) is 0 Å². The van der Waals surface area contributed by atoms with E-state index in [0.29, 0.717) is 24.4 Å². The van der Waals surface area contributed by atoms with Gasteiger partial charge in [-0.15, -0.1) is 0 Å². The third-order valence-electron chi connectivity index (χ3n) is 5.03. The lowest BCUT2D eigenvalue weighted by atomic mass is 9.86. The summed E-state index contributed by atoms with van der Waals surface area (Å²) in [6.07, 6.45) is 4.84. The van der Waals surface area contributed by atoms with Crippen molar-refractivity contribution < 1.29 is 14.6 Å². The fourth-order valence-corrected chi connectivity index (χ4v) is 3.59. The molecule has 5 heteroatoms. The van der Waals surface area contributed by atoms with E-state index in [1.54, 1.807) is 0 Å². The maximum Gasteiger partial charge on any atom is 0.410 e. The zero-order valence-electron chi connectivity index (χ0n) is 15.2. The highest BCUT2D eigenvalue weighted by Crippen LogP contribution is 2.25. The number of hydrogen-bond donors (Lipinski definition) is 2. The fourth-order valence-electron chi connectivity index (χ4n) is 3.59. The van der Waals surface area contributed by atoms with Crippen LogP contribution in [0.4, 0.5) is 4.79 Å². The number of piperidine rings is 1. The molecule has 5 nitrogen and oxygen atoms in total. The van der Waals surface area contributed by atoms with Crippen molar-refractivity contribution in [1.82, 2.24) is 10.2 Å². The summed E-state index contributed by atoms with van der Waals surface area (Å²) >= 11 is 0. The zero-order chi connectivity index (χ0) is 17.0. The van der Waals surface area contributed by atoms with Gasteiger partial charge in [-0.2, -0.15) is 0 Å². The lowest BCUT2D eigenvalue weighted by Gasteiger charge is -2.39. The molecule has 4 atom stereocenters. The second kappa shape index (κ2) is 7.84. The lowest BCUT2D eigenvalue weighted by Crippen LogP contribution is -2.53. The third kappa shape index (κ3) is 5.96. The number of aliphatic hydroxyl groups excluding tert-OH is 1. The Balaban J connectivity index is 1.82. The number of hydrogen-bond acceptors (Lipinski definition) is 4. The van der Waals surface area contributed by atoms with Crippen molar-refractivity contribution >= 4 is 6.09 Å². The Morgan fingerprint density at radius 3 is 2.70 bits per heavy atom. The largest absolute Gasteiger partial charge is 0.444 e. The van der Waals surface area contributed by atoms with Crippen LogP contribution in [0, 0.1) is 11.8 Å². The van der Waals surface area contributed by atoms with Crippen LogP contribution in [0.2, 0.25) is 0 Å². The van der Waals surface area contributed by atoms with E-state index in [1.165, 1.54) is 6.42 Å². The van der Waals surface area contributed by atoms with Gasteiger partial charge in [0.25, 0.3) is 0 Å². The van der Waals surface area contributed by atoms with Gasteiger partial charge < -0.3 is 20.1 Å². The van der Waals surface area contributed by atoms with Crippen LogP contribution >= 0.6 is 0 Å². The van der Waals surface area contributed by atoms with Gasteiger partial charge in [0.1, 0.15) is 5.60 Å². The summed E-state index contributed by atoms with van der Waals surface area (Å²) < 4.78 is 5.50. The molecule has 1 saturated heterocycles. The van der Waals surface area contributed by atoms with Gasteiger partial charge in [-0.1, -0.05) is 13.3 Å². The number of rotatable bonds is 3. The maximum absolute atomic E-state index is 12.3. The number of nitrogens with one attached hydrogen (secondary N) is 1. The summed E-state index contributed by atoms with van der Waals surface area (Å²) in [6.45, 7) is 10.4. The molecule has 4 unspecified atom stereocenters. The molecular formula is C18H34N2O3. The summed E-state index contributed by atoms with van der Waals surface area (Å²) in [7, 11) is 0. The van der Waals surface area contributed by atoms with E-state index in [0.717, 1.165) is 38.8 Å². The first-order valence-corrected chi connectivity index (χ1v) is 9.14. The van der Waals surface area contributed by atoms with E-state index in [1.807, 2.05) is 25.7 Å². The Kier molecular flexibility index (Phi) is 6.32. The van der Waals surface area contributed by atoms with Gasteiger partial charge in [0.15, 0.2) is 0 Å². The average Bonchev–Trinajstić information content (AvgIpc) is 2.44. The van der Waals surface area contributed by atoms with Crippen molar-refractivity contribution in [1.29, 1.82) is 0 Å². The van der Waals surface area contributed by atoms with Gasteiger partial charge in [-0.25, -0.2) is 4.79 Å². The highest BCUT2D eigenvalue weighted by atomic mass is 16.6. The first-order valence-electron chi connectivity index (χ1n) is 9.14. The minimum absolute atomic E-state index is 0.127. The minimum Gasteiger partial charge on any atom is -0.444 e. The summed E-state index contributed by atoms with van der Waals surface area (Å²) in [4.78, 5) is 14.1. The number of ether oxygens (including phenoxy) is 1. The molecule has 1 saturated carbocycles. The molecule has 1 aliphatic heterocycles. The second-order valence-electron chi connectivity index (χ2n) is 8.39. The Bertz CT molecular complexity index is 394. The molecule has 0 aromatic rings. The molecule has 2 fully saturated rings. The quantitative estimate of drug-likeness (QED) is 0.837. The van der Waals surface area contributed by atoms with Gasteiger partial charge in [-0.3, -0.25) is 0 Å². The average molecular weight is 326 g/mol. The molecule has 2 aliphatic rings. The molecule has 2 N–H and O–H groups in total. The number of nitrogens with zero attached hydrogens (tertiary/aromatic N) is 1. The van der Waals surface area contributed by atoms with Gasteiger partial charge in [0.2, 0.25) is 0 Å². The van der Waals surface area contributed by atoms with Crippen molar-refractivity contribution in [3.63, 3.8) is 0 Å². The highest BCUT2D eigenvalue weighted by Gasteiger charge is 2.32. The minimum atomic E-state index is -0.443. The molecule has 0 aromatic heterocycles. The molecule has 1 amide bonds. The monoisotopic (exact) mass is 326 g/mol. The number of aliphatic hydroxyl groups is 1. The molecule has 23 heavy (non-hydrogen) atoms.